The molecule has 0 aliphatic carbocycles. The first-order valence-corrected chi connectivity index (χ1v) is 10.8. The van der Waals surface area contributed by atoms with Crippen molar-refractivity contribution in [3.05, 3.63) is 34.1 Å². The Balaban J connectivity index is 1.75. The zero-order valence-corrected chi connectivity index (χ0v) is 16.7. The molecule has 1 aromatic carbocycles. The molecule has 1 aromatic heterocycles. The number of halogens is 1. The van der Waals surface area contributed by atoms with Crippen LogP contribution in [0.5, 0.6) is 0 Å². The van der Waals surface area contributed by atoms with E-state index in [1.807, 2.05) is 24.3 Å². The first-order chi connectivity index (χ1) is 11.9. The molecular weight excluding hydrogens is 428 g/mol. The van der Waals surface area contributed by atoms with Gasteiger partial charge in [-0.1, -0.05) is 28.1 Å². The molecule has 9 heteroatoms. The number of rotatable bonds is 4. The minimum Gasteiger partial charge on any atom is -0.469 e. The summed E-state index contributed by atoms with van der Waals surface area (Å²) in [5.41, 5.74) is 0.874. The summed E-state index contributed by atoms with van der Waals surface area (Å²) in [6, 6.07) is 7.56. The third-order valence-electron chi connectivity index (χ3n) is 4.17. The number of esters is 1. The highest BCUT2D eigenvalue weighted by molar-refractivity contribution is 9.10. The highest BCUT2D eigenvalue weighted by Gasteiger charge is 2.33. The minimum absolute atomic E-state index is 0.0620. The fourth-order valence-electron chi connectivity index (χ4n) is 2.73. The van der Waals surface area contributed by atoms with Crippen LogP contribution in [0, 0.1) is 5.92 Å². The number of nitrogens with zero attached hydrogens (tertiary/aromatic N) is 2. The molecule has 6 nitrogen and oxygen atoms in total. The van der Waals surface area contributed by atoms with E-state index in [0.717, 1.165) is 10.0 Å². The summed E-state index contributed by atoms with van der Waals surface area (Å²) < 4.78 is 32.6. The number of carbonyl (C=O) groups excluding carboxylic acids is 1. The van der Waals surface area contributed by atoms with Crippen molar-refractivity contribution in [2.45, 2.75) is 17.9 Å². The van der Waals surface area contributed by atoms with Crippen molar-refractivity contribution in [2.75, 3.05) is 20.2 Å². The van der Waals surface area contributed by atoms with Crippen molar-refractivity contribution in [1.29, 1.82) is 0 Å². The maximum Gasteiger partial charge on any atom is 0.308 e. The fourth-order valence-corrected chi connectivity index (χ4v) is 5.54. The van der Waals surface area contributed by atoms with Crippen LogP contribution in [-0.2, 0) is 19.6 Å². The highest BCUT2D eigenvalue weighted by atomic mass is 79.9. The number of hydrogen-bond donors (Lipinski definition) is 0. The maximum absolute atomic E-state index is 12.8. The number of sulfonamides is 1. The minimum atomic E-state index is -3.64. The predicted octanol–water partition coefficient (Wildman–Crippen LogP) is 3.15. The lowest BCUT2D eigenvalue weighted by molar-refractivity contribution is -0.146. The second-order valence-electron chi connectivity index (χ2n) is 5.70. The Morgan fingerprint density at radius 1 is 1.28 bits per heavy atom. The lowest BCUT2D eigenvalue weighted by Crippen LogP contribution is -2.40. The normalized spacial score (nSPS) is 16.7. The Labute approximate surface area is 159 Å². The molecule has 0 N–H and O–H groups in total. The van der Waals surface area contributed by atoms with E-state index in [2.05, 4.69) is 20.9 Å². The Morgan fingerprint density at radius 2 is 1.92 bits per heavy atom. The van der Waals surface area contributed by atoms with Gasteiger partial charge in [0.2, 0.25) is 0 Å². The Morgan fingerprint density at radius 3 is 2.52 bits per heavy atom. The predicted molar refractivity (Wildman–Crippen MR) is 98.7 cm³/mol. The van der Waals surface area contributed by atoms with Crippen molar-refractivity contribution >= 4 is 43.3 Å². The second kappa shape index (κ2) is 7.53. The van der Waals surface area contributed by atoms with Crippen LogP contribution in [0.25, 0.3) is 10.6 Å². The average Bonchev–Trinajstić information content (AvgIpc) is 3.12. The molecule has 0 spiro atoms. The van der Waals surface area contributed by atoms with Crippen LogP contribution in [0.3, 0.4) is 0 Å². The van der Waals surface area contributed by atoms with Crippen molar-refractivity contribution in [3.8, 4) is 10.6 Å². The Kier molecular flexibility index (Phi) is 5.57. The van der Waals surface area contributed by atoms with Crippen LogP contribution in [0.2, 0.25) is 0 Å². The van der Waals surface area contributed by atoms with Gasteiger partial charge in [0.1, 0.15) is 5.01 Å². The number of thiazole rings is 1. The number of ether oxygens (including phenoxy) is 1. The molecular formula is C16H17BrN2O4S2. The number of piperidine rings is 1. The van der Waals surface area contributed by atoms with Crippen LogP contribution < -0.4 is 0 Å². The summed E-state index contributed by atoms with van der Waals surface area (Å²) in [7, 11) is -2.29. The zero-order chi connectivity index (χ0) is 18.0. The lowest BCUT2D eigenvalue weighted by atomic mass is 9.99. The molecule has 25 heavy (non-hydrogen) atoms. The summed E-state index contributed by atoms with van der Waals surface area (Å²) in [6.07, 6.45) is 0.936. The summed E-state index contributed by atoms with van der Waals surface area (Å²) in [5, 5.41) is 2.29. The molecule has 0 saturated carbocycles. The molecule has 2 aromatic rings. The SMILES string of the molecule is COC(=O)C1CCN(S(=O)(=O)c2csc(-c3ccc(Br)cc3)n2)CC1. The molecule has 0 amide bonds. The highest BCUT2D eigenvalue weighted by Crippen LogP contribution is 2.30. The van der Waals surface area contributed by atoms with Gasteiger partial charge in [0.05, 0.1) is 13.0 Å². The quantitative estimate of drug-likeness (QED) is 0.676. The van der Waals surface area contributed by atoms with E-state index in [9.17, 15) is 13.2 Å². The van der Waals surface area contributed by atoms with Crippen LogP contribution in [0.4, 0.5) is 0 Å². The van der Waals surface area contributed by atoms with Gasteiger partial charge in [-0.2, -0.15) is 4.31 Å². The maximum atomic E-state index is 12.8. The molecule has 3 rings (SSSR count). The van der Waals surface area contributed by atoms with E-state index in [4.69, 9.17) is 4.74 Å². The zero-order valence-electron chi connectivity index (χ0n) is 13.5. The van der Waals surface area contributed by atoms with Crippen molar-refractivity contribution < 1.29 is 17.9 Å². The number of aromatic nitrogens is 1. The van der Waals surface area contributed by atoms with Gasteiger partial charge in [-0.25, -0.2) is 13.4 Å². The van der Waals surface area contributed by atoms with Gasteiger partial charge in [-0.05, 0) is 25.0 Å². The third kappa shape index (κ3) is 3.94. The second-order valence-corrected chi connectivity index (χ2v) is 9.36. The van der Waals surface area contributed by atoms with Gasteiger partial charge in [-0.3, -0.25) is 4.79 Å². The number of methoxy groups -OCH3 is 1. The van der Waals surface area contributed by atoms with Crippen LogP contribution >= 0.6 is 27.3 Å². The summed E-state index contributed by atoms with van der Waals surface area (Å²) in [6.45, 7) is 0.598. The topological polar surface area (TPSA) is 76.6 Å². The van der Waals surface area contributed by atoms with E-state index in [0.29, 0.717) is 30.9 Å². The average molecular weight is 445 g/mol. The third-order valence-corrected chi connectivity index (χ3v) is 7.52. The molecule has 0 bridgehead atoms. The van der Waals surface area contributed by atoms with E-state index < -0.39 is 10.0 Å². The van der Waals surface area contributed by atoms with E-state index in [1.165, 1.54) is 22.8 Å². The molecule has 0 atom stereocenters. The van der Waals surface area contributed by atoms with Crippen molar-refractivity contribution in [2.24, 2.45) is 5.92 Å². The Bertz CT molecular complexity index is 857. The van der Waals surface area contributed by atoms with E-state index in [1.54, 1.807) is 5.38 Å². The van der Waals surface area contributed by atoms with E-state index >= 15 is 0 Å². The van der Waals surface area contributed by atoms with Crippen LogP contribution in [0.1, 0.15) is 12.8 Å². The molecule has 134 valence electrons. The van der Waals surface area contributed by atoms with Gasteiger partial charge < -0.3 is 4.74 Å². The van der Waals surface area contributed by atoms with Crippen molar-refractivity contribution in [3.63, 3.8) is 0 Å². The first kappa shape index (κ1) is 18.5. The van der Waals surface area contributed by atoms with Gasteiger partial charge >= 0.3 is 5.97 Å². The standard InChI is InChI=1S/C16H17BrN2O4S2/c1-23-16(20)12-6-8-19(9-7-12)25(21,22)14-10-24-15(18-14)11-2-4-13(17)5-3-11/h2-5,10,12H,6-9H2,1H3. The van der Waals surface area contributed by atoms with Gasteiger partial charge in [0.25, 0.3) is 10.0 Å². The van der Waals surface area contributed by atoms with Gasteiger partial charge in [0, 0.05) is 28.5 Å². The summed E-state index contributed by atoms with van der Waals surface area (Å²) in [4.78, 5) is 15.9. The van der Waals surface area contributed by atoms with Crippen LogP contribution in [-0.4, -0.2) is 43.9 Å². The molecule has 0 radical (unpaired) electrons. The number of benzene rings is 1. The van der Waals surface area contributed by atoms with Gasteiger partial charge in [-0.15, -0.1) is 11.3 Å². The molecule has 1 fully saturated rings. The molecule has 1 aliphatic rings. The summed E-state index contributed by atoms with van der Waals surface area (Å²) >= 11 is 4.68. The smallest absolute Gasteiger partial charge is 0.308 e. The van der Waals surface area contributed by atoms with Gasteiger partial charge in [0.15, 0.2) is 5.03 Å². The van der Waals surface area contributed by atoms with Crippen molar-refractivity contribution in [1.82, 2.24) is 9.29 Å². The van der Waals surface area contributed by atoms with Crippen LogP contribution in [0.15, 0.2) is 39.1 Å². The number of hydrogen-bond acceptors (Lipinski definition) is 6. The monoisotopic (exact) mass is 444 g/mol. The fraction of sp³-hybridized carbons (Fsp3) is 0.375. The largest absolute Gasteiger partial charge is 0.469 e. The Hall–Kier alpha value is -1.29. The molecule has 2 heterocycles. The first-order valence-electron chi connectivity index (χ1n) is 7.71. The van der Waals surface area contributed by atoms with E-state index in [-0.39, 0.29) is 16.9 Å². The lowest BCUT2D eigenvalue weighted by Gasteiger charge is -2.29. The number of carbonyl (C=O) groups is 1. The summed E-state index contributed by atoms with van der Waals surface area (Å²) in [5.74, 6) is -0.506. The molecule has 1 aliphatic heterocycles. The molecule has 0 unspecified atom stereocenters. The molecule has 1 saturated heterocycles.